The Bertz CT molecular complexity index is 135. The second-order valence-electron chi connectivity index (χ2n) is 2.06. The van der Waals surface area contributed by atoms with E-state index >= 15 is 0 Å². The van der Waals surface area contributed by atoms with E-state index in [0.717, 1.165) is 26.4 Å². The maximum Gasteiger partial charge on any atom is 0.314 e. The summed E-state index contributed by atoms with van der Waals surface area (Å²) >= 11 is 0. The first kappa shape index (κ1) is 9.74. The van der Waals surface area contributed by atoms with Crippen molar-refractivity contribution in [2.24, 2.45) is 0 Å². The molecule has 0 bridgehead atoms. The fourth-order valence-corrected chi connectivity index (χ4v) is 0.555. The number of carbonyl (C=O) groups excluding carboxylic acids is 1. The van der Waals surface area contributed by atoms with Gasteiger partial charge in [-0.3, -0.25) is 4.79 Å². The van der Waals surface area contributed by atoms with Gasteiger partial charge in [-0.1, -0.05) is 0 Å². The smallest absolute Gasteiger partial charge is 0.314 e. The average Bonchev–Trinajstić information content (AvgIpc) is 1.87. The Morgan fingerprint density at radius 1 is 1.45 bits per heavy atom. The summed E-state index contributed by atoms with van der Waals surface area (Å²) in [5.41, 5.74) is 0. The van der Waals surface area contributed by atoms with E-state index in [4.69, 9.17) is 9.90 Å². The minimum absolute atomic E-state index is 0.0359. The zero-order valence-corrected chi connectivity index (χ0v) is 6.39. The van der Waals surface area contributed by atoms with E-state index in [1.165, 1.54) is 0 Å². The van der Waals surface area contributed by atoms with Crippen LogP contribution in [0.3, 0.4) is 0 Å². The molecule has 3 N–H and O–H groups in total. The minimum atomic E-state index is -0.833. The Morgan fingerprint density at radius 2 is 1.82 bits per heavy atom. The van der Waals surface area contributed by atoms with Gasteiger partial charge in [0.15, 0.2) is 0 Å². The lowest BCUT2D eigenvalue weighted by Gasteiger charge is -2.11. The summed E-state index contributed by atoms with van der Waals surface area (Å²) in [7, 11) is 0. The molecule has 1 heterocycles. The summed E-state index contributed by atoms with van der Waals surface area (Å²) < 4.78 is 0. The Kier molecular flexibility index (Phi) is 4.89. The molecule has 1 fully saturated rings. The van der Waals surface area contributed by atoms with E-state index in [1.54, 1.807) is 0 Å². The molecule has 2 amide bonds. The molecule has 1 saturated heterocycles. The summed E-state index contributed by atoms with van der Waals surface area (Å²) in [5.74, 6) is -0.833. The normalized spacial score (nSPS) is 15.2. The molecule has 0 spiro atoms. The van der Waals surface area contributed by atoms with Gasteiger partial charge in [0, 0.05) is 20.0 Å². The number of carbonyl (C=O) groups is 2. The summed E-state index contributed by atoms with van der Waals surface area (Å²) in [6, 6.07) is -0.0359. The molecule has 11 heavy (non-hydrogen) atoms. The highest BCUT2D eigenvalue weighted by molar-refractivity contribution is 5.74. The van der Waals surface area contributed by atoms with Crippen molar-refractivity contribution in [3.8, 4) is 0 Å². The van der Waals surface area contributed by atoms with E-state index in [2.05, 4.69) is 10.6 Å². The van der Waals surface area contributed by atoms with Crippen LogP contribution in [-0.4, -0.2) is 30.2 Å². The second kappa shape index (κ2) is 5.52. The quantitative estimate of drug-likeness (QED) is 0.458. The van der Waals surface area contributed by atoms with Gasteiger partial charge in [0.2, 0.25) is 0 Å². The molecule has 1 rings (SSSR count). The van der Waals surface area contributed by atoms with Gasteiger partial charge in [-0.25, -0.2) is 4.79 Å². The van der Waals surface area contributed by atoms with Gasteiger partial charge in [-0.05, 0) is 6.42 Å². The molecular weight excluding hydrogens is 148 g/mol. The summed E-state index contributed by atoms with van der Waals surface area (Å²) in [6.45, 7) is 2.73. The molecule has 0 aliphatic carbocycles. The third-order valence-corrected chi connectivity index (χ3v) is 0.925. The first-order chi connectivity index (χ1) is 5.13. The van der Waals surface area contributed by atoms with E-state index in [1.807, 2.05) is 0 Å². The van der Waals surface area contributed by atoms with Crippen LogP contribution in [-0.2, 0) is 4.79 Å². The molecule has 5 heteroatoms. The first-order valence-electron chi connectivity index (χ1n) is 3.34. The van der Waals surface area contributed by atoms with Crippen LogP contribution in [0.1, 0.15) is 13.3 Å². The molecule has 0 radical (unpaired) electrons. The molecule has 1 aliphatic heterocycles. The fourth-order valence-electron chi connectivity index (χ4n) is 0.555. The molecule has 1 aliphatic rings. The predicted octanol–water partition coefficient (Wildman–Crippen LogP) is -0.220. The molecule has 5 nitrogen and oxygen atoms in total. The van der Waals surface area contributed by atoms with E-state index in [-0.39, 0.29) is 6.03 Å². The van der Waals surface area contributed by atoms with Crippen molar-refractivity contribution in [1.29, 1.82) is 0 Å². The highest BCUT2D eigenvalue weighted by Crippen LogP contribution is 1.79. The number of hydrogen-bond acceptors (Lipinski definition) is 2. The van der Waals surface area contributed by atoms with Crippen LogP contribution in [0.4, 0.5) is 4.79 Å². The highest BCUT2D eigenvalue weighted by Gasteiger charge is 2.02. The van der Waals surface area contributed by atoms with Gasteiger partial charge >= 0.3 is 6.03 Å². The maximum atomic E-state index is 10.2. The zero-order chi connectivity index (χ0) is 8.69. The monoisotopic (exact) mass is 160 g/mol. The Balaban J connectivity index is 0.000000218. The lowest BCUT2D eigenvalue weighted by Crippen LogP contribution is -2.42. The highest BCUT2D eigenvalue weighted by atomic mass is 16.4. The molecule has 64 valence electrons. The number of amides is 2. The summed E-state index contributed by atoms with van der Waals surface area (Å²) in [5, 5.41) is 12.7. The number of aliphatic carboxylic acids is 1. The molecule has 0 atom stereocenters. The Labute approximate surface area is 64.8 Å². The molecule has 0 aromatic rings. The second-order valence-corrected chi connectivity index (χ2v) is 2.06. The van der Waals surface area contributed by atoms with E-state index < -0.39 is 5.97 Å². The van der Waals surface area contributed by atoms with Gasteiger partial charge < -0.3 is 15.7 Å². The van der Waals surface area contributed by atoms with Crippen molar-refractivity contribution in [3.63, 3.8) is 0 Å². The van der Waals surface area contributed by atoms with Crippen LogP contribution in [0.15, 0.2) is 0 Å². The van der Waals surface area contributed by atoms with Crippen LogP contribution in [0.2, 0.25) is 0 Å². The Morgan fingerprint density at radius 3 is 2.00 bits per heavy atom. The maximum absolute atomic E-state index is 10.2. The van der Waals surface area contributed by atoms with Gasteiger partial charge in [0.25, 0.3) is 5.97 Å². The molecule has 0 aromatic heterocycles. The van der Waals surface area contributed by atoms with E-state index in [0.29, 0.717) is 0 Å². The summed E-state index contributed by atoms with van der Waals surface area (Å²) in [6.07, 6.45) is 1.05. The van der Waals surface area contributed by atoms with Gasteiger partial charge in [0.1, 0.15) is 0 Å². The van der Waals surface area contributed by atoms with Crippen LogP contribution >= 0.6 is 0 Å². The number of carboxylic acid groups (broad SMARTS) is 1. The number of nitrogens with one attached hydrogen (secondary N) is 2. The molecular formula is C6H12N2O3. The zero-order valence-electron chi connectivity index (χ0n) is 6.39. The van der Waals surface area contributed by atoms with Crippen molar-refractivity contribution in [2.45, 2.75) is 13.3 Å². The number of carboxylic acids is 1. The SMILES string of the molecule is CC(=O)O.O=C1NCCCN1. The van der Waals surface area contributed by atoms with Crippen molar-refractivity contribution in [2.75, 3.05) is 13.1 Å². The standard InChI is InChI=1S/C4H8N2O.C2H4O2/c7-4-5-2-1-3-6-4;1-2(3)4/h1-3H2,(H2,5,6,7);1H3,(H,3,4). The molecule has 0 aromatic carbocycles. The lowest BCUT2D eigenvalue weighted by atomic mass is 10.4. The number of hydrogen-bond donors (Lipinski definition) is 3. The topological polar surface area (TPSA) is 78.4 Å². The van der Waals surface area contributed by atoms with Crippen LogP contribution in [0, 0.1) is 0 Å². The third kappa shape index (κ3) is 8.74. The van der Waals surface area contributed by atoms with Crippen LogP contribution < -0.4 is 10.6 Å². The largest absolute Gasteiger partial charge is 0.481 e. The lowest BCUT2D eigenvalue weighted by molar-refractivity contribution is -0.134. The molecule has 0 saturated carbocycles. The predicted molar refractivity (Wildman–Crippen MR) is 39.3 cm³/mol. The van der Waals surface area contributed by atoms with Crippen LogP contribution in [0.5, 0.6) is 0 Å². The molecule has 0 unspecified atom stereocenters. The first-order valence-corrected chi connectivity index (χ1v) is 3.34. The third-order valence-electron chi connectivity index (χ3n) is 0.925. The van der Waals surface area contributed by atoms with Gasteiger partial charge in [-0.15, -0.1) is 0 Å². The van der Waals surface area contributed by atoms with E-state index in [9.17, 15) is 4.79 Å². The van der Waals surface area contributed by atoms with Crippen molar-refractivity contribution in [3.05, 3.63) is 0 Å². The van der Waals surface area contributed by atoms with Crippen molar-refractivity contribution >= 4 is 12.0 Å². The minimum Gasteiger partial charge on any atom is -0.481 e. The van der Waals surface area contributed by atoms with Crippen LogP contribution in [0.25, 0.3) is 0 Å². The van der Waals surface area contributed by atoms with Gasteiger partial charge in [0.05, 0.1) is 0 Å². The average molecular weight is 160 g/mol. The number of rotatable bonds is 0. The Hall–Kier alpha value is -1.26. The van der Waals surface area contributed by atoms with Crippen molar-refractivity contribution < 1.29 is 14.7 Å². The van der Waals surface area contributed by atoms with Crippen molar-refractivity contribution in [1.82, 2.24) is 10.6 Å². The fraction of sp³-hybridized carbons (Fsp3) is 0.667. The number of urea groups is 1. The summed E-state index contributed by atoms with van der Waals surface area (Å²) in [4.78, 5) is 19.2. The van der Waals surface area contributed by atoms with Gasteiger partial charge in [-0.2, -0.15) is 0 Å².